The molecule has 0 saturated heterocycles. The molecule has 0 bridgehead atoms. The second-order valence-corrected chi connectivity index (χ2v) is 7.83. The van der Waals surface area contributed by atoms with Crippen LogP contribution in [-0.4, -0.2) is 10.9 Å². The number of ether oxygens (including phenoxy) is 1. The lowest BCUT2D eigenvalue weighted by atomic mass is 10.2. The summed E-state index contributed by atoms with van der Waals surface area (Å²) in [7, 11) is 0. The van der Waals surface area contributed by atoms with Crippen molar-refractivity contribution in [3.63, 3.8) is 0 Å². The van der Waals surface area contributed by atoms with Crippen molar-refractivity contribution in [1.29, 1.82) is 0 Å². The van der Waals surface area contributed by atoms with Crippen LogP contribution < -0.4 is 10.1 Å². The van der Waals surface area contributed by atoms with E-state index in [-0.39, 0.29) is 18.3 Å². The van der Waals surface area contributed by atoms with Gasteiger partial charge in [0.15, 0.2) is 5.76 Å². The summed E-state index contributed by atoms with van der Waals surface area (Å²) in [5.41, 5.74) is 0.859. The normalized spacial score (nSPS) is 10.9. The van der Waals surface area contributed by atoms with Crippen LogP contribution in [0.4, 0.5) is 0 Å². The Labute approximate surface area is 164 Å². The molecule has 1 amide bonds. The molecule has 1 aromatic carbocycles. The third-order valence-electron chi connectivity index (χ3n) is 3.57. The molecule has 3 rings (SSSR count). The molecule has 0 spiro atoms. The molecule has 0 atom stereocenters. The summed E-state index contributed by atoms with van der Waals surface area (Å²) in [5.74, 6) is 1.72. The number of nitrogens with zero attached hydrogens (tertiary/aromatic N) is 1. The van der Waals surface area contributed by atoms with Gasteiger partial charge in [-0.3, -0.25) is 4.79 Å². The Hall–Kier alpha value is -2.12. The molecule has 1 N–H and O–H groups in total. The predicted molar refractivity (Wildman–Crippen MR) is 105 cm³/mol. The Morgan fingerprint density at radius 3 is 2.73 bits per heavy atom. The van der Waals surface area contributed by atoms with Gasteiger partial charge in [-0.15, -0.1) is 11.3 Å². The molecule has 2 heterocycles. The van der Waals surface area contributed by atoms with E-state index in [1.807, 2.05) is 29.6 Å². The Balaban J connectivity index is 1.51. The Morgan fingerprint density at radius 2 is 2.04 bits per heavy atom. The fraction of sp³-hybridized carbons (Fsp3) is 0.263. The minimum atomic E-state index is -0.265. The zero-order valence-electron chi connectivity index (χ0n) is 14.5. The lowest BCUT2D eigenvalue weighted by Gasteiger charge is -2.04. The topological polar surface area (TPSA) is 64.4 Å². The van der Waals surface area contributed by atoms with E-state index in [0.717, 1.165) is 20.9 Å². The summed E-state index contributed by atoms with van der Waals surface area (Å²) in [5, 5.41) is 5.86. The third kappa shape index (κ3) is 4.95. The lowest BCUT2D eigenvalue weighted by molar-refractivity contribution is 0.0918. The van der Waals surface area contributed by atoms with Gasteiger partial charge in [-0.1, -0.05) is 29.8 Å². The molecule has 0 aliphatic heterocycles. The van der Waals surface area contributed by atoms with Crippen LogP contribution in [0.1, 0.15) is 46.8 Å². The monoisotopic (exact) mass is 434 g/mol. The smallest absolute Gasteiger partial charge is 0.287 e. The van der Waals surface area contributed by atoms with Crippen molar-refractivity contribution in [3.05, 3.63) is 68.5 Å². The highest BCUT2D eigenvalue weighted by atomic mass is 79.9. The zero-order valence-corrected chi connectivity index (χ0v) is 16.9. The van der Waals surface area contributed by atoms with E-state index >= 15 is 0 Å². The standard InChI is InChI=1S/C19H19BrN2O3S/c1-12(2)19-22-14(11-26-19)9-21-18(23)17-8-7-16(25-17)10-24-15-5-3-13(20)4-6-15/h3-8,11-12H,9-10H2,1-2H3,(H,21,23). The minimum Gasteiger partial charge on any atom is -0.486 e. The van der Waals surface area contributed by atoms with Crippen LogP contribution in [0.5, 0.6) is 5.75 Å². The third-order valence-corrected chi connectivity index (χ3v) is 5.30. The fourth-order valence-corrected chi connectivity index (χ4v) is 3.29. The number of hydrogen-bond acceptors (Lipinski definition) is 5. The number of aromatic nitrogens is 1. The van der Waals surface area contributed by atoms with Crippen LogP contribution in [0.25, 0.3) is 0 Å². The first-order valence-corrected chi connectivity index (χ1v) is 9.88. The van der Waals surface area contributed by atoms with Gasteiger partial charge in [0.2, 0.25) is 0 Å². The number of hydrogen-bond donors (Lipinski definition) is 1. The van der Waals surface area contributed by atoms with Gasteiger partial charge in [-0.25, -0.2) is 4.98 Å². The average molecular weight is 435 g/mol. The number of furan rings is 1. The number of rotatable bonds is 7. The summed E-state index contributed by atoms with van der Waals surface area (Å²) in [6, 6.07) is 10.9. The first kappa shape index (κ1) is 18.7. The van der Waals surface area contributed by atoms with Gasteiger partial charge in [0.05, 0.1) is 17.2 Å². The zero-order chi connectivity index (χ0) is 18.5. The van der Waals surface area contributed by atoms with Crippen molar-refractivity contribution < 1.29 is 13.9 Å². The fourth-order valence-electron chi connectivity index (χ4n) is 2.19. The van der Waals surface area contributed by atoms with Crippen molar-refractivity contribution in [3.8, 4) is 5.75 Å². The van der Waals surface area contributed by atoms with E-state index in [0.29, 0.717) is 18.2 Å². The Bertz CT molecular complexity index is 871. The van der Waals surface area contributed by atoms with Gasteiger partial charge in [-0.05, 0) is 36.4 Å². The second-order valence-electron chi connectivity index (χ2n) is 6.02. The molecular weight excluding hydrogens is 416 g/mol. The summed E-state index contributed by atoms with van der Waals surface area (Å²) >= 11 is 4.99. The maximum atomic E-state index is 12.2. The molecule has 0 saturated carbocycles. The van der Waals surface area contributed by atoms with Gasteiger partial charge >= 0.3 is 0 Å². The maximum Gasteiger partial charge on any atom is 0.287 e. The van der Waals surface area contributed by atoms with Crippen molar-refractivity contribution in [2.45, 2.75) is 32.9 Å². The van der Waals surface area contributed by atoms with E-state index in [9.17, 15) is 4.79 Å². The van der Waals surface area contributed by atoms with Gasteiger partial charge in [0.1, 0.15) is 18.1 Å². The number of carbonyl (C=O) groups excluding carboxylic acids is 1. The molecular formula is C19H19BrN2O3S. The summed E-state index contributed by atoms with van der Waals surface area (Å²) in [6.07, 6.45) is 0. The van der Waals surface area contributed by atoms with Crippen molar-refractivity contribution in [2.24, 2.45) is 0 Å². The van der Waals surface area contributed by atoms with Crippen LogP contribution in [0, 0.1) is 0 Å². The summed E-state index contributed by atoms with van der Waals surface area (Å²) < 4.78 is 12.2. The predicted octanol–water partition coefficient (Wildman–Crippen LogP) is 5.13. The molecule has 0 aliphatic carbocycles. The molecule has 0 fully saturated rings. The van der Waals surface area contributed by atoms with Crippen LogP contribution in [0.15, 0.2) is 50.7 Å². The number of thiazole rings is 1. The van der Waals surface area contributed by atoms with Crippen molar-refractivity contribution >= 4 is 33.2 Å². The molecule has 0 radical (unpaired) electrons. The Morgan fingerprint density at radius 1 is 1.27 bits per heavy atom. The van der Waals surface area contributed by atoms with E-state index < -0.39 is 0 Å². The van der Waals surface area contributed by atoms with Crippen LogP contribution in [-0.2, 0) is 13.2 Å². The quantitative estimate of drug-likeness (QED) is 0.559. The minimum absolute atomic E-state index is 0.263. The SMILES string of the molecule is CC(C)c1nc(CNC(=O)c2ccc(COc3ccc(Br)cc3)o2)cs1. The number of benzene rings is 1. The molecule has 3 aromatic rings. The van der Waals surface area contributed by atoms with Gasteiger partial charge < -0.3 is 14.5 Å². The molecule has 0 aliphatic rings. The largest absolute Gasteiger partial charge is 0.486 e. The number of nitrogens with one attached hydrogen (secondary N) is 1. The maximum absolute atomic E-state index is 12.2. The second kappa shape index (κ2) is 8.51. The van der Waals surface area contributed by atoms with Crippen molar-refractivity contribution in [1.82, 2.24) is 10.3 Å². The number of carbonyl (C=O) groups is 1. The van der Waals surface area contributed by atoms with E-state index in [1.54, 1.807) is 23.5 Å². The summed E-state index contributed by atoms with van der Waals surface area (Å²) in [4.78, 5) is 16.7. The molecule has 7 heteroatoms. The average Bonchev–Trinajstić information content (AvgIpc) is 3.29. The van der Waals surface area contributed by atoms with E-state index in [2.05, 4.69) is 40.1 Å². The van der Waals surface area contributed by atoms with E-state index in [4.69, 9.17) is 9.15 Å². The van der Waals surface area contributed by atoms with Gasteiger partial charge in [0, 0.05) is 15.8 Å². The van der Waals surface area contributed by atoms with E-state index in [1.165, 1.54) is 0 Å². The number of halogens is 1. The number of amides is 1. The molecule has 5 nitrogen and oxygen atoms in total. The Kier molecular flexibility index (Phi) is 6.11. The molecule has 26 heavy (non-hydrogen) atoms. The highest BCUT2D eigenvalue weighted by molar-refractivity contribution is 9.10. The molecule has 136 valence electrons. The first-order valence-electron chi connectivity index (χ1n) is 8.21. The van der Waals surface area contributed by atoms with Crippen molar-refractivity contribution in [2.75, 3.05) is 0 Å². The first-order chi connectivity index (χ1) is 12.5. The molecule has 2 aromatic heterocycles. The van der Waals surface area contributed by atoms with Crippen LogP contribution >= 0.6 is 27.3 Å². The molecule has 0 unspecified atom stereocenters. The van der Waals surface area contributed by atoms with Crippen LogP contribution in [0.2, 0.25) is 0 Å². The summed E-state index contributed by atoms with van der Waals surface area (Å²) in [6.45, 7) is 4.84. The van der Waals surface area contributed by atoms with Gasteiger partial charge in [0.25, 0.3) is 5.91 Å². The van der Waals surface area contributed by atoms with Gasteiger partial charge in [-0.2, -0.15) is 0 Å². The highest BCUT2D eigenvalue weighted by Gasteiger charge is 2.13. The highest BCUT2D eigenvalue weighted by Crippen LogP contribution is 2.20. The van der Waals surface area contributed by atoms with Crippen LogP contribution in [0.3, 0.4) is 0 Å². The lowest BCUT2D eigenvalue weighted by Crippen LogP contribution is -2.22.